The van der Waals surface area contributed by atoms with Gasteiger partial charge in [0.2, 0.25) is 0 Å². The van der Waals surface area contributed by atoms with Gasteiger partial charge in [-0.25, -0.2) is 0 Å². The van der Waals surface area contributed by atoms with E-state index in [-0.39, 0.29) is 5.91 Å². The molecule has 1 N–H and O–H groups in total. The van der Waals surface area contributed by atoms with Gasteiger partial charge in [0.05, 0.1) is 13.7 Å². The number of hydrogen-bond donors (Lipinski definition) is 1. The van der Waals surface area contributed by atoms with Crippen LogP contribution in [0.2, 0.25) is 0 Å². The molecule has 0 saturated carbocycles. The molecular weight excluding hydrogens is 400 g/mol. The molecule has 168 valence electrons. The van der Waals surface area contributed by atoms with Crippen molar-refractivity contribution in [2.24, 2.45) is 0 Å². The Morgan fingerprint density at radius 1 is 1.12 bits per heavy atom. The van der Waals surface area contributed by atoms with Gasteiger partial charge in [-0.2, -0.15) is 5.10 Å². The van der Waals surface area contributed by atoms with Gasteiger partial charge < -0.3 is 10.1 Å². The number of benzene rings is 2. The fraction of sp³-hybridized carbons (Fsp3) is 0.385. The van der Waals surface area contributed by atoms with Crippen molar-refractivity contribution in [3.63, 3.8) is 0 Å². The van der Waals surface area contributed by atoms with Gasteiger partial charge in [0.25, 0.3) is 5.91 Å². The molecule has 1 aliphatic rings. The van der Waals surface area contributed by atoms with Gasteiger partial charge in [0.15, 0.2) is 5.69 Å². The Hall–Kier alpha value is -3.12. The van der Waals surface area contributed by atoms with E-state index in [1.54, 1.807) is 7.11 Å². The van der Waals surface area contributed by atoms with Gasteiger partial charge in [-0.15, -0.1) is 0 Å². The van der Waals surface area contributed by atoms with Crippen LogP contribution >= 0.6 is 0 Å². The smallest absolute Gasteiger partial charge is 0.272 e. The lowest BCUT2D eigenvalue weighted by Gasteiger charge is -2.27. The van der Waals surface area contributed by atoms with Crippen LogP contribution in [0.5, 0.6) is 5.75 Å². The second kappa shape index (κ2) is 10.5. The van der Waals surface area contributed by atoms with E-state index in [1.807, 2.05) is 29.8 Å². The fourth-order valence-corrected chi connectivity index (χ4v) is 4.39. The van der Waals surface area contributed by atoms with Crippen LogP contribution in [0.4, 0.5) is 0 Å². The minimum absolute atomic E-state index is 0.0840. The quantitative estimate of drug-likeness (QED) is 0.560. The molecule has 2 heterocycles. The molecule has 4 rings (SSSR count). The van der Waals surface area contributed by atoms with E-state index in [4.69, 9.17) is 9.84 Å². The largest absolute Gasteiger partial charge is 0.497 e. The summed E-state index contributed by atoms with van der Waals surface area (Å²) in [4.78, 5) is 15.2. The van der Waals surface area contributed by atoms with Crippen molar-refractivity contribution in [2.75, 3.05) is 26.7 Å². The van der Waals surface area contributed by atoms with Crippen LogP contribution in [0, 0.1) is 0 Å². The summed E-state index contributed by atoms with van der Waals surface area (Å²) in [6.45, 7) is 5.94. The normalized spacial score (nSPS) is 13.6. The number of amides is 1. The van der Waals surface area contributed by atoms with Gasteiger partial charge in [0, 0.05) is 37.3 Å². The van der Waals surface area contributed by atoms with Crippen molar-refractivity contribution in [3.8, 4) is 5.75 Å². The Morgan fingerprint density at radius 3 is 2.72 bits per heavy atom. The summed E-state index contributed by atoms with van der Waals surface area (Å²) >= 11 is 0. The van der Waals surface area contributed by atoms with Crippen molar-refractivity contribution >= 4 is 5.91 Å². The lowest BCUT2D eigenvalue weighted by Crippen LogP contribution is -2.33. The summed E-state index contributed by atoms with van der Waals surface area (Å²) < 4.78 is 7.37. The van der Waals surface area contributed by atoms with Gasteiger partial charge in [-0.1, -0.05) is 42.5 Å². The van der Waals surface area contributed by atoms with Gasteiger partial charge in [-0.05, 0) is 49.6 Å². The summed E-state index contributed by atoms with van der Waals surface area (Å²) in [6.07, 6.45) is 3.08. The average molecular weight is 433 g/mol. The first-order chi connectivity index (χ1) is 15.7. The minimum Gasteiger partial charge on any atom is -0.497 e. The van der Waals surface area contributed by atoms with E-state index >= 15 is 0 Å². The number of hydrogen-bond acceptors (Lipinski definition) is 4. The summed E-state index contributed by atoms with van der Waals surface area (Å²) in [7, 11) is 1.68. The van der Waals surface area contributed by atoms with Crippen LogP contribution in [0.15, 0.2) is 54.6 Å². The minimum atomic E-state index is -0.0840. The maximum Gasteiger partial charge on any atom is 0.272 e. The SMILES string of the molecule is CCNC(=O)c1nn(Cc2cccc(OC)c2)c2c1CN(CCCc1ccccc1)CC2. The first-order valence-corrected chi connectivity index (χ1v) is 11.4. The molecule has 0 bridgehead atoms. The molecular formula is C26H32N4O2. The Kier molecular flexibility index (Phi) is 7.22. The first-order valence-electron chi connectivity index (χ1n) is 11.4. The molecule has 1 aromatic heterocycles. The molecule has 32 heavy (non-hydrogen) atoms. The molecule has 2 aromatic carbocycles. The monoisotopic (exact) mass is 432 g/mol. The highest BCUT2D eigenvalue weighted by Gasteiger charge is 2.27. The standard InChI is InChI=1S/C26H32N4O2/c1-3-27-26(31)25-23-19-29(15-8-12-20-9-5-4-6-10-20)16-14-24(23)30(28-25)18-21-11-7-13-22(17-21)32-2/h4-7,9-11,13,17H,3,8,12,14-16,18-19H2,1-2H3,(H,27,31). The number of carbonyl (C=O) groups excluding carboxylic acids is 1. The third-order valence-electron chi connectivity index (χ3n) is 6.01. The van der Waals surface area contributed by atoms with Crippen LogP contribution in [0.3, 0.4) is 0 Å². The molecule has 6 heteroatoms. The predicted octanol–water partition coefficient (Wildman–Crippen LogP) is 3.68. The highest BCUT2D eigenvalue weighted by atomic mass is 16.5. The zero-order valence-corrected chi connectivity index (χ0v) is 19.0. The molecule has 0 spiro atoms. The van der Waals surface area contributed by atoms with E-state index < -0.39 is 0 Å². The van der Waals surface area contributed by atoms with Gasteiger partial charge in [-0.3, -0.25) is 14.4 Å². The van der Waals surface area contributed by atoms with E-state index in [0.29, 0.717) is 18.8 Å². The Labute approximate surface area is 190 Å². The maximum absolute atomic E-state index is 12.8. The number of methoxy groups -OCH3 is 1. The number of aromatic nitrogens is 2. The van der Waals surface area contributed by atoms with Gasteiger partial charge >= 0.3 is 0 Å². The van der Waals surface area contributed by atoms with Crippen LogP contribution < -0.4 is 10.1 Å². The maximum atomic E-state index is 12.8. The van der Waals surface area contributed by atoms with E-state index in [1.165, 1.54) is 11.3 Å². The third-order valence-corrected chi connectivity index (χ3v) is 6.01. The predicted molar refractivity (Wildman–Crippen MR) is 126 cm³/mol. The first kappa shape index (κ1) is 22.1. The fourth-order valence-electron chi connectivity index (χ4n) is 4.39. The Morgan fingerprint density at radius 2 is 1.94 bits per heavy atom. The van der Waals surface area contributed by atoms with E-state index in [0.717, 1.165) is 55.8 Å². The lowest BCUT2D eigenvalue weighted by atomic mass is 10.0. The highest BCUT2D eigenvalue weighted by molar-refractivity contribution is 5.94. The van der Waals surface area contributed by atoms with Crippen LogP contribution in [0.1, 0.15) is 46.2 Å². The Bertz CT molecular complexity index is 1050. The molecule has 1 amide bonds. The number of nitrogens with zero attached hydrogens (tertiary/aromatic N) is 3. The molecule has 0 aliphatic carbocycles. The van der Waals surface area contributed by atoms with Crippen LogP contribution in [0.25, 0.3) is 0 Å². The van der Waals surface area contributed by atoms with Crippen molar-refractivity contribution in [2.45, 2.75) is 39.3 Å². The second-order valence-corrected chi connectivity index (χ2v) is 8.26. The highest BCUT2D eigenvalue weighted by Crippen LogP contribution is 2.25. The zero-order valence-electron chi connectivity index (χ0n) is 19.0. The number of ether oxygens (including phenoxy) is 1. The lowest BCUT2D eigenvalue weighted by molar-refractivity contribution is 0.0947. The van der Waals surface area contributed by atoms with Gasteiger partial charge in [0.1, 0.15) is 5.75 Å². The number of nitrogens with one attached hydrogen (secondary N) is 1. The molecule has 1 aliphatic heterocycles. The summed E-state index contributed by atoms with van der Waals surface area (Å²) in [6, 6.07) is 18.6. The van der Waals surface area contributed by atoms with Crippen molar-refractivity contribution in [1.29, 1.82) is 0 Å². The van der Waals surface area contributed by atoms with Crippen molar-refractivity contribution in [3.05, 3.63) is 82.7 Å². The van der Waals surface area contributed by atoms with Crippen LogP contribution in [-0.2, 0) is 25.9 Å². The molecule has 0 fully saturated rings. The second-order valence-electron chi connectivity index (χ2n) is 8.26. The molecule has 6 nitrogen and oxygen atoms in total. The third kappa shape index (κ3) is 5.19. The Balaban J connectivity index is 1.50. The topological polar surface area (TPSA) is 59.4 Å². The molecule has 0 radical (unpaired) electrons. The molecule has 0 atom stereocenters. The number of rotatable bonds is 9. The molecule has 0 unspecified atom stereocenters. The average Bonchev–Trinajstić information content (AvgIpc) is 3.18. The van der Waals surface area contributed by atoms with Crippen molar-refractivity contribution in [1.82, 2.24) is 20.0 Å². The summed E-state index contributed by atoms with van der Waals surface area (Å²) in [5, 5.41) is 7.69. The zero-order chi connectivity index (χ0) is 22.3. The van der Waals surface area contributed by atoms with E-state index in [9.17, 15) is 4.79 Å². The number of aryl methyl sites for hydroxylation is 1. The summed E-state index contributed by atoms with van der Waals surface area (Å²) in [5.74, 6) is 0.747. The molecule has 0 saturated heterocycles. The van der Waals surface area contributed by atoms with Crippen LogP contribution in [-0.4, -0.2) is 47.3 Å². The van der Waals surface area contributed by atoms with E-state index in [2.05, 4.69) is 46.6 Å². The number of carbonyl (C=O) groups is 1. The number of fused-ring (bicyclic) bond motifs is 1. The summed E-state index contributed by atoms with van der Waals surface area (Å²) in [5.41, 5.74) is 5.30. The van der Waals surface area contributed by atoms with Crippen molar-refractivity contribution < 1.29 is 9.53 Å². The molecule has 3 aromatic rings.